The molecule has 1 aliphatic heterocycles. The van der Waals surface area contributed by atoms with Crippen molar-refractivity contribution in [2.24, 2.45) is 13.0 Å². The maximum Gasteiger partial charge on any atom is 0.295 e. The molecule has 0 bridgehead atoms. The zero-order valence-corrected chi connectivity index (χ0v) is 15.3. The molecular formula is C19H23N5O2. The van der Waals surface area contributed by atoms with Crippen molar-refractivity contribution >= 4 is 23.0 Å². The van der Waals surface area contributed by atoms with Crippen LogP contribution in [-0.4, -0.2) is 39.2 Å². The minimum atomic E-state index is 0.00377. The molecule has 0 aliphatic carbocycles. The number of amides is 1. The SMILES string of the molecule is Cc1ccc2oc(NC[C@H]3CCC(=O)N(C)[C@@H]3c3cnn(C)c3)nc2c1. The number of nitrogens with one attached hydrogen (secondary N) is 1. The first kappa shape index (κ1) is 16.6. The van der Waals surface area contributed by atoms with Crippen LogP contribution >= 0.6 is 0 Å². The second-order valence-electron chi connectivity index (χ2n) is 7.07. The van der Waals surface area contributed by atoms with Gasteiger partial charge in [-0.25, -0.2) is 0 Å². The first-order valence-electron chi connectivity index (χ1n) is 8.86. The number of nitrogens with zero attached hydrogens (tertiary/aromatic N) is 4. The third kappa shape index (κ3) is 3.05. The summed E-state index contributed by atoms with van der Waals surface area (Å²) in [5.41, 5.74) is 3.84. The van der Waals surface area contributed by atoms with E-state index >= 15 is 0 Å². The Balaban J connectivity index is 1.53. The third-order valence-electron chi connectivity index (χ3n) is 5.11. The molecule has 1 N–H and O–H groups in total. The van der Waals surface area contributed by atoms with Crippen LogP contribution in [0.4, 0.5) is 6.01 Å². The average molecular weight is 353 g/mol. The fourth-order valence-corrected chi connectivity index (χ4v) is 3.75. The molecule has 4 rings (SSSR count). The minimum Gasteiger partial charge on any atom is -0.424 e. The van der Waals surface area contributed by atoms with Gasteiger partial charge in [-0.15, -0.1) is 0 Å². The molecule has 3 heterocycles. The van der Waals surface area contributed by atoms with Crippen molar-refractivity contribution in [2.45, 2.75) is 25.8 Å². The molecule has 0 radical (unpaired) electrons. The van der Waals surface area contributed by atoms with Gasteiger partial charge < -0.3 is 14.6 Å². The monoisotopic (exact) mass is 353 g/mol. The van der Waals surface area contributed by atoms with E-state index in [1.165, 1.54) is 0 Å². The molecule has 2 aromatic heterocycles. The van der Waals surface area contributed by atoms with Crippen molar-refractivity contribution in [1.29, 1.82) is 0 Å². The largest absolute Gasteiger partial charge is 0.424 e. The number of hydrogen-bond donors (Lipinski definition) is 1. The van der Waals surface area contributed by atoms with Crippen LogP contribution in [0.2, 0.25) is 0 Å². The maximum atomic E-state index is 12.2. The van der Waals surface area contributed by atoms with Crippen molar-refractivity contribution in [3.05, 3.63) is 41.7 Å². The molecule has 136 valence electrons. The van der Waals surface area contributed by atoms with Crippen molar-refractivity contribution in [3.8, 4) is 0 Å². The van der Waals surface area contributed by atoms with Gasteiger partial charge in [-0.1, -0.05) is 6.07 Å². The van der Waals surface area contributed by atoms with Gasteiger partial charge in [0.05, 0.1) is 12.2 Å². The topological polar surface area (TPSA) is 76.2 Å². The number of fused-ring (bicyclic) bond motifs is 1. The fraction of sp³-hybridized carbons (Fsp3) is 0.421. The Hall–Kier alpha value is -2.83. The van der Waals surface area contributed by atoms with E-state index in [0.29, 0.717) is 19.0 Å². The van der Waals surface area contributed by atoms with Crippen LogP contribution in [0.15, 0.2) is 35.0 Å². The van der Waals surface area contributed by atoms with Gasteiger partial charge >= 0.3 is 0 Å². The Labute approximate surface area is 152 Å². The lowest BCUT2D eigenvalue weighted by Crippen LogP contribution is -2.42. The van der Waals surface area contributed by atoms with Gasteiger partial charge in [-0.05, 0) is 31.0 Å². The molecule has 7 nitrogen and oxygen atoms in total. The van der Waals surface area contributed by atoms with Crippen molar-refractivity contribution in [2.75, 3.05) is 18.9 Å². The van der Waals surface area contributed by atoms with Crippen molar-refractivity contribution in [3.63, 3.8) is 0 Å². The van der Waals surface area contributed by atoms with Gasteiger partial charge in [0.25, 0.3) is 6.01 Å². The normalized spacial score (nSPS) is 20.7. The van der Waals surface area contributed by atoms with E-state index < -0.39 is 0 Å². The Morgan fingerprint density at radius 3 is 2.96 bits per heavy atom. The predicted molar refractivity (Wildman–Crippen MR) is 98.7 cm³/mol. The second-order valence-corrected chi connectivity index (χ2v) is 7.07. The van der Waals surface area contributed by atoms with Gasteiger partial charge in [0.15, 0.2) is 5.58 Å². The summed E-state index contributed by atoms with van der Waals surface area (Å²) in [6.07, 6.45) is 5.21. The van der Waals surface area contributed by atoms with Crippen LogP contribution < -0.4 is 5.32 Å². The standard InChI is InChI=1S/C19H23N5O2/c1-12-4-6-16-15(8-12)22-19(26-16)20-9-13-5-7-17(25)24(3)18(13)14-10-21-23(2)11-14/h4,6,8,10-11,13,18H,5,7,9H2,1-3H3,(H,20,22)/t13-,18+/m1/s1. The molecule has 1 fully saturated rings. The molecule has 1 aromatic carbocycles. The summed E-state index contributed by atoms with van der Waals surface area (Å²) in [6, 6.07) is 6.49. The predicted octanol–water partition coefficient (Wildman–Crippen LogP) is 2.89. The molecule has 7 heteroatoms. The van der Waals surface area contributed by atoms with Gasteiger partial charge in [-0.3, -0.25) is 9.48 Å². The number of carbonyl (C=O) groups is 1. The number of aromatic nitrogens is 3. The average Bonchev–Trinajstić information content (AvgIpc) is 3.21. The number of anilines is 1. The molecule has 1 amide bonds. The zero-order chi connectivity index (χ0) is 18.3. The number of rotatable bonds is 4. The number of piperidine rings is 1. The maximum absolute atomic E-state index is 12.2. The van der Waals surface area contributed by atoms with Crippen LogP contribution in [0.3, 0.4) is 0 Å². The van der Waals surface area contributed by atoms with Crippen LogP contribution in [0.25, 0.3) is 11.1 Å². The first-order valence-corrected chi connectivity index (χ1v) is 8.86. The lowest BCUT2D eigenvalue weighted by molar-refractivity contribution is -0.136. The molecular weight excluding hydrogens is 330 g/mol. The van der Waals surface area contributed by atoms with E-state index in [-0.39, 0.29) is 17.9 Å². The van der Waals surface area contributed by atoms with Gasteiger partial charge in [0, 0.05) is 44.7 Å². The molecule has 0 saturated carbocycles. The van der Waals surface area contributed by atoms with Crippen molar-refractivity contribution < 1.29 is 9.21 Å². The summed E-state index contributed by atoms with van der Waals surface area (Å²) in [7, 11) is 3.76. The summed E-state index contributed by atoms with van der Waals surface area (Å²) in [4.78, 5) is 18.6. The van der Waals surface area contributed by atoms with Crippen LogP contribution in [-0.2, 0) is 11.8 Å². The smallest absolute Gasteiger partial charge is 0.295 e. The highest BCUT2D eigenvalue weighted by Crippen LogP contribution is 2.35. The number of likely N-dealkylation sites (tertiary alicyclic amines) is 1. The molecule has 2 atom stereocenters. The molecule has 0 spiro atoms. The zero-order valence-electron chi connectivity index (χ0n) is 15.3. The molecule has 0 unspecified atom stereocenters. The van der Waals surface area contributed by atoms with Gasteiger partial charge in [0.1, 0.15) is 5.52 Å². The summed E-state index contributed by atoms with van der Waals surface area (Å²) < 4.78 is 7.56. The summed E-state index contributed by atoms with van der Waals surface area (Å²) in [6.45, 7) is 2.72. The summed E-state index contributed by atoms with van der Waals surface area (Å²) in [5, 5.41) is 7.59. The molecule has 26 heavy (non-hydrogen) atoms. The Bertz CT molecular complexity index is 944. The number of carbonyl (C=O) groups excluding carboxylic acids is 1. The van der Waals surface area contributed by atoms with E-state index in [2.05, 4.69) is 15.4 Å². The minimum absolute atomic E-state index is 0.00377. The summed E-state index contributed by atoms with van der Waals surface area (Å²) >= 11 is 0. The Morgan fingerprint density at radius 1 is 1.35 bits per heavy atom. The van der Waals surface area contributed by atoms with E-state index in [4.69, 9.17) is 4.42 Å². The van der Waals surface area contributed by atoms with Gasteiger partial charge in [-0.2, -0.15) is 10.1 Å². The van der Waals surface area contributed by atoms with Crippen LogP contribution in [0, 0.1) is 12.8 Å². The summed E-state index contributed by atoms with van der Waals surface area (Å²) in [5.74, 6) is 0.436. The third-order valence-corrected chi connectivity index (χ3v) is 5.11. The highest BCUT2D eigenvalue weighted by molar-refractivity contribution is 5.77. The lowest BCUT2D eigenvalue weighted by Gasteiger charge is -2.38. The molecule has 3 aromatic rings. The molecule has 1 saturated heterocycles. The number of benzene rings is 1. The number of oxazole rings is 1. The van der Waals surface area contributed by atoms with Crippen molar-refractivity contribution in [1.82, 2.24) is 19.7 Å². The van der Waals surface area contributed by atoms with E-state index in [9.17, 15) is 4.79 Å². The van der Waals surface area contributed by atoms with Gasteiger partial charge in [0.2, 0.25) is 5.91 Å². The number of aryl methyl sites for hydroxylation is 2. The quantitative estimate of drug-likeness (QED) is 0.780. The first-order chi connectivity index (χ1) is 12.5. The van der Waals surface area contributed by atoms with Crippen LogP contribution in [0.1, 0.15) is 30.0 Å². The molecule has 1 aliphatic rings. The fourth-order valence-electron chi connectivity index (χ4n) is 3.75. The highest BCUT2D eigenvalue weighted by atomic mass is 16.4. The highest BCUT2D eigenvalue weighted by Gasteiger charge is 2.35. The second kappa shape index (κ2) is 6.48. The van der Waals surface area contributed by atoms with Crippen LogP contribution in [0.5, 0.6) is 0 Å². The van der Waals surface area contributed by atoms with E-state index in [1.807, 2.05) is 56.5 Å². The van der Waals surface area contributed by atoms with E-state index in [0.717, 1.165) is 28.6 Å². The van der Waals surface area contributed by atoms with E-state index in [1.54, 1.807) is 4.68 Å². The Morgan fingerprint density at radius 2 is 2.19 bits per heavy atom. The number of hydrogen-bond acceptors (Lipinski definition) is 5. The Kier molecular flexibility index (Phi) is 4.14. The lowest BCUT2D eigenvalue weighted by atomic mass is 9.86.